The smallest absolute Gasteiger partial charge is 0.0971 e. The summed E-state index contributed by atoms with van der Waals surface area (Å²) in [4.78, 5) is 0. The third-order valence-electron chi connectivity index (χ3n) is 5.07. The maximum absolute atomic E-state index is 12.0. The quantitative estimate of drug-likeness (QED) is 0.466. The molecule has 1 aliphatic carbocycles. The molecule has 0 aliphatic heterocycles. The molecule has 0 aromatic heterocycles. The number of nitrogens with one attached hydrogen (secondary N) is 1. The number of quaternary nitrogens is 1. The summed E-state index contributed by atoms with van der Waals surface area (Å²) in [5, 5.41) is 12.4. The molecule has 114 valence electrons. The van der Waals surface area contributed by atoms with Gasteiger partial charge in [-0.05, 0) is 19.3 Å². The Labute approximate surface area is 120 Å². The maximum Gasteiger partial charge on any atom is 0.0971 e. The summed E-state index contributed by atoms with van der Waals surface area (Å²) in [6.07, 6.45) is 18.3. The van der Waals surface area contributed by atoms with Crippen LogP contribution >= 0.6 is 0 Å². The number of hydrogen-bond acceptors (Lipinski definition) is 1. The first kappa shape index (κ1) is 17.0. The number of hydrogen-bond donors (Lipinski definition) is 1. The highest BCUT2D eigenvalue weighted by atomic mass is 16.5. The van der Waals surface area contributed by atoms with Crippen LogP contribution in [0.2, 0.25) is 0 Å². The summed E-state index contributed by atoms with van der Waals surface area (Å²) in [6.45, 7) is 2.27. The Hall–Kier alpha value is -0.0800. The molecule has 19 heavy (non-hydrogen) atoms. The molecule has 1 fully saturated rings. The van der Waals surface area contributed by atoms with Crippen LogP contribution in [-0.4, -0.2) is 12.6 Å². The highest BCUT2D eigenvalue weighted by Gasteiger charge is 2.35. The molecule has 0 heterocycles. The third kappa shape index (κ3) is 6.27. The van der Waals surface area contributed by atoms with E-state index in [0.717, 1.165) is 6.42 Å². The topological polar surface area (TPSA) is 27.5 Å². The zero-order valence-electron chi connectivity index (χ0n) is 13.3. The van der Waals surface area contributed by atoms with Crippen LogP contribution in [0.4, 0.5) is 0 Å². The minimum atomic E-state index is 0.0838. The van der Waals surface area contributed by atoms with Crippen LogP contribution in [0.5, 0.6) is 0 Å². The minimum absolute atomic E-state index is 0.0838. The fraction of sp³-hybridized carbons (Fsp3) is 1.00. The van der Waals surface area contributed by atoms with E-state index in [4.69, 9.17) is 0 Å². The van der Waals surface area contributed by atoms with Gasteiger partial charge in [0.1, 0.15) is 0 Å². The molecule has 0 saturated heterocycles. The Balaban J connectivity index is 2.08. The van der Waals surface area contributed by atoms with Gasteiger partial charge in [-0.1, -0.05) is 58.3 Å². The lowest BCUT2D eigenvalue weighted by Gasteiger charge is -2.44. The molecule has 0 spiro atoms. The molecule has 2 nitrogen and oxygen atoms in total. The molecule has 0 aromatic carbocycles. The SMILES string of the molecule is CCCCCCCCCCC1([NH+](C)[O-])CCCCC1. The lowest BCUT2D eigenvalue weighted by Crippen LogP contribution is -3.13. The Bertz CT molecular complexity index is 209. The molecule has 1 saturated carbocycles. The van der Waals surface area contributed by atoms with Gasteiger partial charge in [-0.2, -0.15) is 0 Å². The van der Waals surface area contributed by atoms with E-state index in [1.807, 2.05) is 7.05 Å². The molecule has 1 atom stereocenters. The van der Waals surface area contributed by atoms with Crippen molar-refractivity contribution in [3.63, 3.8) is 0 Å². The molecular weight excluding hydrogens is 234 g/mol. The van der Waals surface area contributed by atoms with E-state index in [2.05, 4.69) is 6.92 Å². The molecule has 1 N–H and O–H groups in total. The molecule has 1 aliphatic rings. The minimum Gasteiger partial charge on any atom is -0.634 e. The zero-order valence-corrected chi connectivity index (χ0v) is 13.3. The standard InChI is InChI=1S/C17H35NO/c1-3-4-5-6-7-8-9-11-14-17(18(2)19)15-12-10-13-16-17/h18H,3-16H2,1-2H3. The predicted molar refractivity (Wildman–Crippen MR) is 83.3 cm³/mol. The van der Waals surface area contributed by atoms with E-state index in [0.29, 0.717) is 5.06 Å². The fourth-order valence-electron chi connectivity index (χ4n) is 3.60. The van der Waals surface area contributed by atoms with E-state index in [1.165, 1.54) is 83.5 Å². The summed E-state index contributed by atoms with van der Waals surface area (Å²) in [5.41, 5.74) is 0.0838. The molecule has 0 aromatic rings. The van der Waals surface area contributed by atoms with E-state index >= 15 is 0 Å². The van der Waals surface area contributed by atoms with Gasteiger partial charge in [0.05, 0.1) is 12.6 Å². The van der Waals surface area contributed by atoms with Gasteiger partial charge in [0, 0.05) is 19.3 Å². The third-order valence-corrected chi connectivity index (χ3v) is 5.07. The molecule has 1 rings (SSSR count). The van der Waals surface area contributed by atoms with E-state index in [1.54, 1.807) is 0 Å². The fourth-order valence-corrected chi connectivity index (χ4v) is 3.60. The first-order valence-corrected chi connectivity index (χ1v) is 8.72. The Morgan fingerprint density at radius 1 is 0.842 bits per heavy atom. The van der Waals surface area contributed by atoms with Gasteiger partial charge < -0.3 is 10.3 Å². The second-order valence-electron chi connectivity index (χ2n) is 6.62. The predicted octanol–water partition coefficient (Wildman–Crippen LogP) is 4.23. The first-order valence-electron chi connectivity index (χ1n) is 8.72. The highest BCUT2D eigenvalue weighted by molar-refractivity contribution is 4.82. The molecule has 1 unspecified atom stereocenters. The van der Waals surface area contributed by atoms with Gasteiger partial charge in [-0.15, -0.1) is 0 Å². The Morgan fingerprint density at radius 3 is 1.89 bits per heavy atom. The van der Waals surface area contributed by atoms with Crippen molar-refractivity contribution in [3.05, 3.63) is 5.21 Å². The van der Waals surface area contributed by atoms with Crippen molar-refractivity contribution in [2.24, 2.45) is 0 Å². The van der Waals surface area contributed by atoms with Crippen LogP contribution in [0.3, 0.4) is 0 Å². The summed E-state index contributed by atoms with van der Waals surface area (Å²) in [6, 6.07) is 0. The second kappa shape index (κ2) is 9.77. The van der Waals surface area contributed by atoms with Crippen LogP contribution in [0.1, 0.15) is 96.8 Å². The number of rotatable bonds is 10. The average molecular weight is 269 g/mol. The lowest BCUT2D eigenvalue weighted by atomic mass is 9.78. The normalized spacial score (nSPS) is 20.4. The van der Waals surface area contributed by atoms with Gasteiger partial charge in [-0.3, -0.25) is 0 Å². The second-order valence-corrected chi connectivity index (χ2v) is 6.62. The largest absolute Gasteiger partial charge is 0.634 e. The van der Waals surface area contributed by atoms with Crippen molar-refractivity contribution >= 4 is 0 Å². The van der Waals surface area contributed by atoms with Crippen LogP contribution in [0, 0.1) is 5.21 Å². The average Bonchev–Trinajstić information content (AvgIpc) is 2.42. The number of unbranched alkanes of at least 4 members (excludes halogenated alkanes) is 7. The highest BCUT2D eigenvalue weighted by Crippen LogP contribution is 2.30. The van der Waals surface area contributed by atoms with Gasteiger partial charge in [0.2, 0.25) is 0 Å². The molecule has 2 heteroatoms. The van der Waals surface area contributed by atoms with Gasteiger partial charge >= 0.3 is 0 Å². The van der Waals surface area contributed by atoms with Gasteiger partial charge in [0.15, 0.2) is 0 Å². The van der Waals surface area contributed by atoms with Crippen molar-refractivity contribution in [3.8, 4) is 0 Å². The van der Waals surface area contributed by atoms with Gasteiger partial charge in [0.25, 0.3) is 0 Å². The van der Waals surface area contributed by atoms with Crippen molar-refractivity contribution in [2.75, 3.05) is 7.05 Å². The van der Waals surface area contributed by atoms with Crippen LogP contribution in [0.15, 0.2) is 0 Å². The van der Waals surface area contributed by atoms with Crippen LogP contribution in [0.25, 0.3) is 0 Å². The molecule has 0 radical (unpaired) electrons. The van der Waals surface area contributed by atoms with Crippen molar-refractivity contribution in [2.45, 2.75) is 102 Å². The van der Waals surface area contributed by atoms with Crippen molar-refractivity contribution < 1.29 is 5.06 Å². The van der Waals surface area contributed by atoms with E-state index in [-0.39, 0.29) is 5.54 Å². The monoisotopic (exact) mass is 269 g/mol. The molecular formula is C17H35NO. The van der Waals surface area contributed by atoms with Crippen molar-refractivity contribution in [1.82, 2.24) is 0 Å². The Kier molecular flexibility index (Phi) is 8.72. The Morgan fingerprint density at radius 2 is 1.37 bits per heavy atom. The first-order chi connectivity index (χ1) is 9.21. The summed E-state index contributed by atoms with van der Waals surface area (Å²) in [5.74, 6) is 0. The molecule has 0 amide bonds. The van der Waals surface area contributed by atoms with Gasteiger partial charge in [-0.25, -0.2) is 0 Å². The van der Waals surface area contributed by atoms with Crippen LogP contribution in [-0.2, 0) is 0 Å². The maximum atomic E-state index is 12.0. The molecule has 0 bridgehead atoms. The van der Waals surface area contributed by atoms with Crippen LogP contribution < -0.4 is 5.06 Å². The lowest BCUT2D eigenvalue weighted by molar-refractivity contribution is -0.888. The summed E-state index contributed by atoms with van der Waals surface area (Å²) >= 11 is 0. The number of hydroxylamine groups is 2. The van der Waals surface area contributed by atoms with E-state index in [9.17, 15) is 5.21 Å². The van der Waals surface area contributed by atoms with Crippen molar-refractivity contribution in [1.29, 1.82) is 0 Å². The zero-order chi connectivity index (χ0) is 14.0. The summed E-state index contributed by atoms with van der Waals surface area (Å²) < 4.78 is 0. The van der Waals surface area contributed by atoms with E-state index < -0.39 is 0 Å². The summed E-state index contributed by atoms with van der Waals surface area (Å²) in [7, 11) is 1.83.